The number of thiazole rings is 1. The first-order valence-electron chi connectivity index (χ1n) is 5.20. The van der Waals surface area contributed by atoms with Crippen LogP contribution in [0.5, 0.6) is 0 Å². The largest absolute Gasteiger partial charge is 0.465 e. The van der Waals surface area contributed by atoms with E-state index in [2.05, 4.69) is 15.0 Å². The Morgan fingerprint density at radius 3 is 3.06 bits per heavy atom. The first-order chi connectivity index (χ1) is 8.70. The van der Waals surface area contributed by atoms with Crippen LogP contribution >= 0.6 is 11.3 Å². The van der Waals surface area contributed by atoms with E-state index in [0.717, 1.165) is 10.9 Å². The fraction of sp³-hybridized carbons (Fsp3) is 0.167. The molecule has 1 N–H and O–H groups in total. The third kappa shape index (κ3) is 2.84. The summed E-state index contributed by atoms with van der Waals surface area (Å²) in [6, 6.07) is 3.96. The molecule has 6 heteroatoms. The van der Waals surface area contributed by atoms with Crippen LogP contribution in [0.3, 0.4) is 0 Å². The smallest absolute Gasteiger partial charge is 0.340 e. The molecule has 2 rings (SSSR count). The number of hydrogen-bond donors (Lipinski definition) is 1. The number of esters is 1. The number of anilines is 1. The molecule has 0 saturated carbocycles. The minimum atomic E-state index is -0.568. The quantitative estimate of drug-likeness (QED) is 0.864. The molecule has 0 bridgehead atoms. The van der Waals surface area contributed by atoms with Crippen molar-refractivity contribution in [3.8, 4) is 0 Å². The van der Waals surface area contributed by atoms with Gasteiger partial charge in [-0.25, -0.2) is 9.18 Å². The van der Waals surface area contributed by atoms with Crippen molar-refractivity contribution in [1.29, 1.82) is 0 Å². The minimum absolute atomic E-state index is 0.182. The predicted molar refractivity (Wildman–Crippen MR) is 67.2 cm³/mol. The molecular formula is C12H11FN2O2S. The van der Waals surface area contributed by atoms with Gasteiger partial charge in [-0.05, 0) is 18.2 Å². The van der Waals surface area contributed by atoms with Crippen LogP contribution in [0.15, 0.2) is 29.9 Å². The van der Waals surface area contributed by atoms with E-state index in [1.807, 2.05) is 0 Å². The number of benzene rings is 1. The highest BCUT2D eigenvalue weighted by molar-refractivity contribution is 7.09. The highest BCUT2D eigenvalue weighted by atomic mass is 32.1. The molecule has 0 aliphatic heterocycles. The van der Waals surface area contributed by atoms with Crippen LogP contribution in [0.4, 0.5) is 10.1 Å². The Morgan fingerprint density at radius 1 is 1.56 bits per heavy atom. The van der Waals surface area contributed by atoms with E-state index in [9.17, 15) is 9.18 Å². The highest BCUT2D eigenvalue weighted by Crippen LogP contribution is 2.19. The second kappa shape index (κ2) is 5.59. The maximum atomic E-state index is 13.1. The van der Waals surface area contributed by atoms with E-state index in [1.54, 1.807) is 11.7 Å². The van der Waals surface area contributed by atoms with Crippen LogP contribution in [0.2, 0.25) is 0 Å². The number of ether oxygens (including phenoxy) is 1. The number of hydrogen-bond acceptors (Lipinski definition) is 5. The summed E-state index contributed by atoms with van der Waals surface area (Å²) in [6.45, 7) is 0.528. The SMILES string of the molecule is COC(=O)c1cc(F)ccc1NCc1cncs1. The summed E-state index contributed by atoms with van der Waals surface area (Å²) in [5.41, 5.74) is 2.45. The maximum absolute atomic E-state index is 13.1. The molecule has 0 unspecified atom stereocenters. The molecule has 18 heavy (non-hydrogen) atoms. The monoisotopic (exact) mass is 266 g/mol. The summed E-state index contributed by atoms with van der Waals surface area (Å²) in [6.07, 6.45) is 1.74. The summed E-state index contributed by atoms with van der Waals surface area (Å²) < 4.78 is 17.7. The number of carbonyl (C=O) groups excluding carboxylic acids is 1. The summed E-state index contributed by atoms with van der Waals surface area (Å²) >= 11 is 1.50. The molecule has 0 spiro atoms. The molecule has 0 amide bonds. The third-order valence-corrected chi connectivity index (χ3v) is 3.10. The molecule has 0 fully saturated rings. The summed E-state index contributed by atoms with van der Waals surface area (Å²) in [4.78, 5) is 16.5. The molecule has 0 aliphatic carbocycles. The van der Waals surface area contributed by atoms with Crippen molar-refractivity contribution in [3.05, 3.63) is 46.2 Å². The average molecular weight is 266 g/mol. The molecule has 1 heterocycles. The van der Waals surface area contributed by atoms with Crippen LogP contribution in [0.25, 0.3) is 0 Å². The van der Waals surface area contributed by atoms with E-state index < -0.39 is 11.8 Å². The molecule has 4 nitrogen and oxygen atoms in total. The van der Waals surface area contributed by atoms with E-state index in [-0.39, 0.29) is 5.56 Å². The van der Waals surface area contributed by atoms with Crippen molar-refractivity contribution in [2.24, 2.45) is 0 Å². The first kappa shape index (κ1) is 12.5. The number of aromatic nitrogens is 1. The maximum Gasteiger partial charge on any atom is 0.340 e. The fourth-order valence-electron chi connectivity index (χ4n) is 1.46. The zero-order chi connectivity index (χ0) is 13.0. The normalized spacial score (nSPS) is 10.1. The van der Waals surface area contributed by atoms with E-state index in [4.69, 9.17) is 0 Å². The van der Waals surface area contributed by atoms with Gasteiger partial charge in [-0.2, -0.15) is 0 Å². The molecule has 0 aliphatic rings. The van der Waals surface area contributed by atoms with Crippen molar-refractivity contribution in [1.82, 2.24) is 4.98 Å². The third-order valence-electron chi connectivity index (χ3n) is 2.32. The Morgan fingerprint density at radius 2 is 2.39 bits per heavy atom. The Kier molecular flexibility index (Phi) is 3.88. The molecule has 1 aromatic carbocycles. The van der Waals surface area contributed by atoms with Crippen molar-refractivity contribution in [2.45, 2.75) is 6.54 Å². The predicted octanol–water partition coefficient (Wildman–Crippen LogP) is 2.68. The molecule has 0 saturated heterocycles. The zero-order valence-electron chi connectivity index (χ0n) is 9.64. The van der Waals surface area contributed by atoms with E-state index in [0.29, 0.717) is 12.2 Å². The van der Waals surface area contributed by atoms with Gasteiger partial charge in [0.2, 0.25) is 0 Å². The summed E-state index contributed by atoms with van der Waals surface area (Å²) in [7, 11) is 1.26. The van der Waals surface area contributed by atoms with Gasteiger partial charge in [-0.1, -0.05) is 0 Å². The van der Waals surface area contributed by atoms with Gasteiger partial charge in [0, 0.05) is 16.8 Å². The summed E-state index contributed by atoms with van der Waals surface area (Å²) in [5, 5.41) is 3.06. The lowest BCUT2D eigenvalue weighted by Crippen LogP contribution is -2.08. The molecule has 94 valence electrons. The molecule has 0 radical (unpaired) electrons. The van der Waals surface area contributed by atoms with Gasteiger partial charge in [-0.3, -0.25) is 4.98 Å². The number of carbonyl (C=O) groups is 1. The highest BCUT2D eigenvalue weighted by Gasteiger charge is 2.12. The first-order valence-corrected chi connectivity index (χ1v) is 6.08. The van der Waals surface area contributed by atoms with Gasteiger partial charge in [-0.15, -0.1) is 11.3 Å². The zero-order valence-corrected chi connectivity index (χ0v) is 10.5. The molecule has 1 aromatic heterocycles. The minimum Gasteiger partial charge on any atom is -0.465 e. The second-order valence-corrected chi connectivity index (χ2v) is 4.47. The second-order valence-electron chi connectivity index (χ2n) is 3.50. The van der Waals surface area contributed by atoms with Crippen molar-refractivity contribution in [2.75, 3.05) is 12.4 Å². The molecular weight excluding hydrogens is 255 g/mol. The average Bonchev–Trinajstić information content (AvgIpc) is 2.89. The Balaban J connectivity index is 2.18. The number of methoxy groups -OCH3 is 1. The van der Waals surface area contributed by atoms with Crippen LogP contribution in [0, 0.1) is 5.82 Å². The van der Waals surface area contributed by atoms with Crippen LogP contribution in [-0.2, 0) is 11.3 Å². The van der Waals surface area contributed by atoms with Gasteiger partial charge >= 0.3 is 5.97 Å². The van der Waals surface area contributed by atoms with Crippen molar-refractivity contribution < 1.29 is 13.9 Å². The van der Waals surface area contributed by atoms with Gasteiger partial charge < -0.3 is 10.1 Å². The van der Waals surface area contributed by atoms with E-state index >= 15 is 0 Å². The molecule has 2 aromatic rings. The van der Waals surface area contributed by atoms with Crippen molar-refractivity contribution in [3.63, 3.8) is 0 Å². The van der Waals surface area contributed by atoms with Gasteiger partial charge in [0.05, 0.1) is 24.7 Å². The Hall–Kier alpha value is -1.95. The number of rotatable bonds is 4. The van der Waals surface area contributed by atoms with Crippen LogP contribution in [0.1, 0.15) is 15.2 Å². The van der Waals surface area contributed by atoms with Gasteiger partial charge in [0.1, 0.15) is 5.82 Å². The number of nitrogens with one attached hydrogen (secondary N) is 1. The fourth-order valence-corrected chi connectivity index (χ4v) is 2.00. The standard InChI is InChI=1S/C12H11FN2O2S/c1-17-12(16)10-4-8(13)2-3-11(10)15-6-9-5-14-7-18-9/h2-5,7,15H,6H2,1H3. The summed E-state index contributed by atoms with van der Waals surface area (Å²) in [5.74, 6) is -1.04. The lowest BCUT2D eigenvalue weighted by Gasteiger charge is -2.09. The van der Waals surface area contributed by atoms with Gasteiger partial charge in [0.25, 0.3) is 0 Å². The van der Waals surface area contributed by atoms with Crippen LogP contribution in [-0.4, -0.2) is 18.1 Å². The Bertz CT molecular complexity index is 543. The topological polar surface area (TPSA) is 51.2 Å². The lowest BCUT2D eigenvalue weighted by molar-refractivity contribution is 0.0601. The number of nitrogens with zero attached hydrogens (tertiary/aromatic N) is 1. The van der Waals surface area contributed by atoms with E-state index in [1.165, 1.54) is 30.6 Å². The Labute approximate surface area is 107 Å². The lowest BCUT2D eigenvalue weighted by atomic mass is 10.1. The molecule has 0 atom stereocenters. The number of halogens is 1. The van der Waals surface area contributed by atoms with Gasteiger partial charge in [0.15, 0.2) is 0 Å². The van der Waals surface area contributed by atoms with Crippen LogP contribution < -0.4 is 5.32 Å². The van der Waals surface area contributed by atoms with Crippen molar-refractivity contribution >= 4 is 23.0 Å².